The number of hydrogen-bond acceptors (Lipinski definition) is 6. The predicted octanol–water partition coefficient (Wildman–Crippen LogP) is 3.53. The third-order valence-corrected chi connectivity index (χ3v) is 3.87. The standard InChI is InChI=1S/C17H12N2O3S/c18-9-12-5-7-13(8-6-12)10-21-16(20)11-23-17-19-14-3-1-2-4-15(14)22-17/h1-8H,10-11H2. The van der Waals surface area contributed by atoms with Gasteiger partial charge in [-0.15, -0.1) is 0 Å². The van der Waals surface area contributed by atoms with E-state index in [1.54, 1.807) is 24.3 Å². The maximum absolute atomic E-state index is 11.8. The van der Waals surface area contributed by atoms with Crippen LogP contribution in [0.3, 0.4) is 0 Å². The molecule has 0 radical (unpaired) electrons. The molecular weight excluding hydrogens is 312 g/mol. The molecule has 5 nitrogen and oxygen atoms in total. The van der Waals surface area contributed by atoms with Gasteiger partial charge in [0.05, 0.1) is 11.6 Å². The molecular formula is C17H12N2O3S. The second-order valence-electron chi connectivity index (χ2n) is 4.71. The number of aromatic nitrogens is 1. The van der Waals surface area contributed by atoms with E-state index in [1.165, 1.54) is 11.8 Å². The highest BCUT2D eigenvalue weighted by Crippen LogP contribution is 2.23. The molecule has 0 unspecified atom stereocenters. The van der Waals surface area contributed by atoms with E-state index in [2.05, 4.69) is 4.98 Å². The van der Waals surface area contributed by atoms with Crippen molar-refractivity contribution in [1.82, 2.24) is 4.98 Å². The Morgan fingerprint density at radius 3 is 2.74 bits per heavy atom. The van der Waals surface area contributed by atoms with Crippen molar-refractivity contribution >= 4 is 28.8 Å². The zero-order valence-electron chi connectivity index (χ0n) is 12.1. The van der Waals surface area contributed by atoms with Crippen LogP contribution in [0.1, 0.15) is 11.1 Å². The Hall–Kier alpha value is -2.78. The first kappa shape index (κ1) is 15.1. The molecule has 0 aliphatic heterocycles. The Labute approximate surface area is 136 Å². The average Bonchev–Trinajstić information content (AvgIpc) is 3.01. The number of esters is 1. The van der Waals surface area contributed by atoms with E-state index in [4.69, 9.17) is 14.4 Å². The molecule has 6 heteroatoms. The minimum atomic E-state index is -0.346. The number of rotatable bonds is 5. The van der Waals surface area contributed by atoms with Crippen molar-refractivity contribution < 1.29 is 13.9 Å². The summed E-state index contributed by atoms with van der Waals surface area (Å²) in [5.74, 6) is -0.218. The lowest BCUT2D eigenvalue weighted by Gasteiger charge is -2.03. The van der Waals surface area contributed by atoms with E-state index in [1.807, 2.05) is 30.3 Å². The molecule has 0 saturated heterocycles. The molecule has 0 fully saturated rings. The molecule has 0 spiro atoms. The molecule has 0 atom stereocenters. The Kier molecular flexibility index (Phi) is 4.60. The van der Waals surface area contributed by atoms with Crippen LogP contribution in [0.25, 0.3) is 11.1 Å². The van der Waals surface area contributed by atoms with Crippen LogP contribution in [0.2, 0.25) is 0 Å². The molecule has 0 saturated carbocycles. The Bertz CT molecular complexity index is 832. The summed E-state index contributed by atoms with van der Waals surface area (Å²) in [4.78, 5) is 16.0. The summed E-state index contributed by atoms with van der Waals surface area (Å²) < 4.78 is 10.7. The van der Waals surface area contributed by atoms with Crippen molar-refractivity contribution in [2.24, 2.45) is 0 Å². The van der Waals surface area contributed by atoms with Crippen LogP contribution in [-0.4, -0.2) is 16.7 Å². The van der Waals surface area contributed by atoms with Crippen LogP contribution in [0.4, 0.5) is 0 Å². The van der Waals surface area contributed by atoms with Gasteiger partial charge in [0, 0.05) is 0 Å². The first-order valence-electron chi connectivity index (χ1n) is 6.87. The van der Waals surface area contributed by atoms with Gasteiger partial charge in [0.15, 0.2) is 5.58 Å². The van der Waals surface area contributed by atoms with Crippen LogP contribution >= 0.6 is 11.8 Å². The van der Waals surface area contributed by atoms with Gasteiger partial charge >= 0.3 is 5.97 Å². The van der Waals surface area contributed by atoms with Crippen LogP contribution in [-0.2, 0) is 16.1 Å². The quantitative estimate of drug-likeness (QED) is 0.528. The summed E-state index contributed by atoms with van der Waals surface area (Å²) in [7, 11) is 0. The molecule has 3 rings (SSSR count). The number of nitrogens with zero attached hydrogens (tertiary/aromatic N) is 2. The highest BCUT2D eigenvalue weighted by atomic mass is 32.2. The van der Waals surface area contributed by atoms with Crippen molar-refractivity contribution in [2.45, 2.75) is 11.8 Å². The van der Waals surface area contributed by atoms with E-state index in [-0.39, 0.29) is 18.3 Å². The summed E-state index contributed by atoms with van der Waals surface area (Å²) >= 11 is 1.20. The lowest BCUT2D eigenvalue weighted by atomic mass is 10.2. The number of carbonyl (C=O) groups excluding carboxylic acids is 1. The number of oxazole rings is 1. The second kappa shape index (κ2) is 6.99. The third-order valence-electron chi connectivity index (χ3n) is 3.07. The van der Waals surface area contributed by atoms with Gasteiger partial charge < -0.3 is 9.15 Å². The monoisotopic (exact) mass is 324 g/mol. The number of para-hydroxylation sites is 2. The molecule has 0 aliphatic carbocycles. The molecule has 0 amide bonds. The second-order valence-corrected chi connectivity index (χ2v) is 5.63. The zero-order valence-corrected chi connectivity index (χ0v) is 12.9. The maximum atomic E-state index is 11.8. The fourth-order valence-corrected chi connectivity index (χ4v) is 2.55. The topological polar surface area (TPSA) is 76.1 Å². The Morgan fingerprint density at radius 1 is 1.22 bits per heavy atom. The van der Waals surface area contributed by atoms with Gasteiger partial charge in [-0.3, -0.25) is 4.79 Å². The molecule has 1 aromatic heterocycles. The SMILES string of the molecule is N#Cc1ccc(COC(=O)CSc2nc3ccccc3o2)cc1. The molecule has 0 N–H and O–H groups in total. The van der Waals surface area contributed by atoms with Crippen LogP contribution in [0.5, 0.6) is 0 Å². The van der Waals surface area contributed by atoms with E-state index in [0.29, 0.717) is 16.4 Å². The Morgan fingerprint density at radius 2 is 2.00 bits per heavy atom. The van der Waals surface area contributed by atoms with E-state index in [9.17, 15) is 4.79 Å². The van der Waals surface area contributed by atoms with Gasteiger partial charge in [-0.25, -0.2) is 4.98 Å². The lowest BCUT2D eigenvalue weighted by Crippen LogP contribution is -2.07. The summed E-state index contributed by atoms with van der Waals surface area (Å²) in [6.45, 7) is 0.179. The van der Waals surface area contributed by atoms with E-state index in [0.717, 1.165) is 11.1 Å². The fraction of sp³-hybridized carbons (Fsp3) is 0.118. The molecule has 114 valence electrons. The van der Waals surface area contributed by atoms with Crippen molar-refractivity contribution in [2.75, 3.05) is 5.75 Å². The summed E-state index contributed by atoms with van der Waals surface area (Å²) in [5.41, 5.74) is 2.87. The third kappa shape index (κ3) is 3.90. The molecule has 2 aromatic carbocycles. The molecule has 0 aliphatic rings. The average molecular weight is 324 g/mol. The highest BCUT2D eigenvalue weighted by molar-refractivity contribution is 7.99. The van der Waals surface area contributed by atoms with Crippen molar-refractivity contribution in [1.29, 1.82) is 5.26 Å². The number of hydrogen-bond donors (Lipinski definition) is 0. The van der Waals surface area contributed by atoms with Gasteiger partial charge in [-0.05, 0) is 29.8 Å². The number of nitriles is 1. The smallest absolute Gasteiger partial charge is 0.316 e. The zero-order chi connectivity index (χ0) is 16.1. The normalized spacial score (nSPS) is 10.4. The van der Waals surface area contributed by atoms with Gasteiger partial charge in [0.2, 0.25) is 0 Å². The number of ether oxygens (including phenoxy) is 1. The first-order valence-corrected chi connectivity index (χ1v) is 7.86. The number of benzene rings is 2. The summed E-state index contributed by atoms with van der Waals surface area (Å²) in [6, 6.07) is 16.4. The van der Waals surface area contributed by atoms with E-state index < -0.39 is 0 Å². The van der Waals surface area contributed by atoms with Crippen LogP contribution in [0, 0.1) is 11.3 Å². The van der Waals surface area contributed by atoms with Crippen molar-refractivity contribution in [3.63, 3.8) is 0 Å². The minimum absolute atomic E-state index is 0.128. The maximum Gasteiger partial charge on any atom is 0.316 e. The predicted molar refractivity (Wildman–Crippen MR) is 85.7 cm³/mol. The fourth-order valence-electron chi connectivity index (χ4n) is 1.91. The van der Waals surface area contributed by atoms with Gasteiger partial charge in [0.1, 0.15) is 17.9 Å². The highest BCUT2D eigenvalue weighted by Gasteiger charge is 2.10. The molecule has 3 aromatic rings. The van der Waals surface area contributed by atoms with Crippen LogP contribution in [0.15, 0.2) is 58.2 Å². The summed E-state index contributed by atoms with van der Waals surface area (Å²) in [6.07, 6.45) is 0. The first-order chi connectivity index (χ1) is 11.2. The number of carbonyl (C=O) groups is 1. The van der Waals surface area contributed by atoms with Gasteiger partial charge in [-0.2, -0.15) is 5.26 Å². The number of thioether (sulfide) groups is 1. The Balaban J connectivity index is 1.50. The minimum Gasteiger partial charge on any atom is -0.460 e. The molecule has 1 heterocycles. The lowest BCUT2D eigenvalue weighted by molar-refractivity contribution is -0.141. The van der Waals surface area contributed by atoms with Gasteiger partial charge in [-0.1, -0.05) is 36.0 Å². The number of fused-ring (bicyclic) bond motifs is 1. The molecule has 0 bridgehead atoms. The summed E-state index contributed by atoms with van der Waals surface area (Å²) in [5, 5.41) is 9.17. The van der Waals surface area contributed by atoms with Gasteiger partial charge in [0.25, 0.3) is 5.22 Å². The van der Waals surface area contributed by atoms with Crippen LogP contribution < -0.4 is 0 Å². The van der Waals surface area contributed by atoms with Crippen molar-refractivity contribution in [3.05, 3.63) is 59.7 Å². The largest absolute Gasteiger partial charge is 0.460 e. The molecule has 23 heavy (non-hydrogen) atoms. The van der Waals surface area contributed by atoms with E-state index >= 15 is 0 Å². The van der Waals surface area contributed by atoms with Crippen molar-refractivity contribution in [3.8, 4) is 6.07 Å².